The monoisotopic (exact) mass is 316 g/mol. The zero-order chi connectivity index (χ0) is 14.6. The van der Waals surface area contributed by atoms with Crippen molar-refractivity contribution in [3.8, 4) is 5.69 Å². The summed E-state index contributed by atoms with van der Waals surface area (Å²) < 4.78 is 31.4. The minimum atomic E-state index is -4.20. The van der Waals surface area contributed by atoms with Crippen molar-refractivity contribution in [3.63, 3.8) is 0 Å². The molecule has 0 aliphatic rings. The maximum atomic E-state index is 10.6. The minimum absolute atomic E-state index is 0.0486. The van der Waals surface area contributed by atoms with Gasteiger partial charge >= 0.3 is 0 Å². The summed E-state index contributed by atoms with van der Waals surface area (Å²) in [5, 5.41) is 21.1. The molecule has 1 atom stereocenters. The second-order valence-electron chi connectivity index (χ2n) is 3.92. The predicted molar refractivity (Wildman–Crippen MR) is 72.3 cm³/mol. The van der Waals surface area contributed by atoms with Crippen LogP contribution in [0.5, 0.6) is 0 Å². The number of hydrogen-bond acceptors (Lipinski definition) is 7. The van der Waals surface area contributed by atoms with Gasteiger partial charge in [0.25, 0.3) is 10.1 Å². The molecule has 10 heteroatoms. The van der Waals surface area contributed by atoms with Gasteiger partial charge in [-0.1, -0.05) is 30.0 Å². The molecule has 0 aliphatic carbocycles. The van der Waals surface area contributed by atoms with E-state index in [1.165, 1.54) is 4.68 Å². The Balaban J connectivity index is 2.03. The van der Waals surface area contributed by atoms with Gasteiger partial charge in [0, 0.05) is 5.75 Å². The van der Waals surface area contributed by atoms with Crippen LogP contribution < -0.4 is 0 Å². The SMILES string of the molecule is O=S(=O)(O)C[C@H](O)CSc1nnnn1-c1ccccc1. The number of aliphatic hydroxyl groups is 1. The molecule has 8 nitrogen and oxygen atoms in total. The molecule has 0 bridgehead atoms. The second-order valence-corrected chi connectivity index (χ2v) is 6.41. The van der Waals surface area contributed by atoms with E-state index in [4.69, 9.17) is 4.55 Å². The Hall–Kier alpha value is -1.49. The summed E-state index contributed by atoms with van der Waals surface area (Å²) in [7, 11) is -4.20. The van der Waals surface area contributed by atoms with Crippen molar-refractivity contribution >= 4 is 21.9 Å². The molecule has 2 aromatic rings. The van der Waals surface area contributed by atoms with Crippen molar-refractivity contribution in [1.29, 1.82) is 0 Å². The third-order valence-electron chi connectivity index (χ3n) is 2.25. The van der Waals surface area contributed by atoms with E-state index in [-0.39, 0.29) is 5.75 Å². The number of nitrogens with zero attached hydrogens (tertiary/aromatic N) is 4. The lowest BCUT2D eigenvalue weighted by Crippen LogP contribution is -2.22. The Kier molecular flexibility index (Phi) is 4.70. The maximum Gasteiger partial charge on any atom is 0.267 e. The summed E-state index contributed by atoms with van der Waals surface area (Å²) in [5.41, 5.74) is 0.754. The molecule has 20 heavy (non-hydrogen) atoms. The van der Waals surface area contributed by atoms with Gasteiger partial charge in [0.1, 0.15) is 5.75 Å². The van der Waals surface area contributed by atoms with Crippen LogP contribution in [0, 0.1) is 0 Å². The van der Waals surface area contributed by atoms with Gasteiger partial charge < -0.3 is 5.11 Å². The second kappa shape index (κ2) is 6.31. The van der Waals surface area contributed by atoms with Crippen molar-refractivity contribution < 1.29 is 18.1 Å². The highest BCUT2D eigenvalue weighted by molar-refractivity contribution is 7.99. The average molecular weight is 316 g/mol. The largest absolute Gasteiger partial charge is 0.391 e. The van der Waals surface area contributed by atoms with Crippen LogP contribution in [0.2, 0.25) is 0 Å². The van der Waals surface area contributed by atoms with Crippen molar-refractivity contribution in [1.82, 2.24) is 20.2 Å². The zero-order valence-corrected chi connectivity index (χ0v) is 11.8. The standard InChI is InChI=1S/C10H12N4O4S2/c15-9(7-20(16,17)18)6-19-10-11-12-13-14(10)8-4-2-1-3-5-8/h1-5,9,15H,6-7H2,(H,16,17,18)/t9-/m1/s1. The van der Waals surface area contributed by atoms with Gasteiger partial charge in [0.15, 0.2) is 0 Å². The van der Waals surface area contributed by atoms with Crippen LogP contribution in [-0.2, 0) is 10.1 Å². The van der Waals surface area contributed by atoms with Crippen LogP contribution in [-0.4, -0.2) is 55.9 Å². The van der Waals surface area contributed by atoms with Crippen molar-refractivity contribution in [2.75, 3.05) is 11.5 Å². The molecule has 0 radical (unpaired) electrons. The van der Waals surface area contributed by atoms with Gasteiger partial charge in [-0.2, -0.15) is 13.1 Å². The molecular weight excluding hydrogens is 304 g/mol. The lowest BCUT2D eigenvalue weighted by Gasteiger charge is -2.08. The number of tetrazole rings is 1. The molecule has 2 rings (SSSR count). The third kappa shape index (κ3) is 4.27. The third-order valence-corrected chi connectivity index (χ3v) is 4.12. The van der Waals surface area contributed by atoms with Gasteiger partial charge in [0.2, 0.25) is 5.16 Å². The summed E-state index contributed by atoms with van der Waals surface area (Å²) in [6, 6.07) is 9.15. The highest BCUT2D eigenvalue weighted by atomic mass is 32.2. The van der Waals surface area contributed by atoms with Crippen LogP contribution in [0.25, 0.3) is 5.69 Å². The summed E-state index contributed by atoms with van der Waals surface area (Å²) >= 11 is 1.10. The van der Waals surface area contributed by atoms with Crippen molar-refractivity contribution in [2.24, 2.45) is 0 Å². The van der Waals surface area contributed by atoms with Crippen LogP contribution in [0.3, 0.4) is 0 Å². The Labute approximate surface area is 119 Å². The van der Waals surface area contributed by atoms with E-state index in [2.05, 4.69) is 15.5 Å². The Bertz CT molecular complexity index is 659. The van der Waals surface area contributed by atoms with Crippen LogP contribution in [0.15, 0.2) is 35.5 Å². The molecule has 1 heterocycles. The Morgan fingerprint density at radius 2 is 2.00 bits per heavy atom. The number of benzene rings is 1. The highest BCUT2D eigenvalue weighted by Crippen LogP contribution is 2.18. The lowest BCUT2D eigenvalue weighted by atomic mass is 10.3. The van der Waals surface area contributed by atoms with Gasteiger partial charge in [-0.3, -0.25) is 4.55 Å². The molecule has 0 aliphatic heterocycles. The normalized spacial score (nSPS) is 13.3. The molecule has 0 fully saturated rings. The first kappa shape index (κ1) is 14.9. The number of aliphatic hydroxyl groups excluding tert-OH is 1. The van der Waals surface area contributed by atoms with Crippen molar-refractivity contribution in [2.45, 2.75) is 11.3 Å². The number of thioether (sulfide) groups is 1. The molecule has 1 aromatic carbocycles. The fraction of sp³-hybridized carbons (Fsp3) is 0.300. The smallest absolute Gasteiger partial charge is 0.267 e. The zero-order valence-electron chi connectivity index (χ0n) is 10.2. The van der Waals surface area contributed by atoms with E-state index in [1.54, 1.807) is 0 Å². The minimum Gasteiger partial charge on any atom is -0.391 e. The molecule has 0 saturated heterocycles. The van der Waals surface area contributed by atoms with Gasteiger partial charge in [-0.25, -0.2) is 0 Å². The molecular formula is C10H12N4O4S2. The van der Waals surface area contributed by atoms with E-state index < -0.39 is 22.0 Å². The van der Waals surface area contributed by atoms with E-state index >= 15 is 0 Å². The van der Waals surface area contributed by atoms with E-state index in [0.717, 1.165) is 17.4 Å². The first-order valence-electron chi connectivity index (χ1n) is 5.55. The first-order chi connectivity index (χ1) is 9.46. The van der Waals surface area contributed by atoms with Crippen LogP contribution in [0.1, 0.15) is 0 Å². The molecule has 1 aromatic heterocycles. The number of hydrogen-bond donors (Lipinski definition) is 2. The molecule has 108 valence electrons. The molecule has 0 unspecified atom stereocenters. The number of para-hydroxylation sites is 1. The van der Waals surface area contributed by atoms with Crippen molar-refractivity contribution in [3.05, 3.63) is 30.3 Å². The highest BCUT2D eigenvalue weighted by Gasteiger charge is 2.16. The first-order valence-corrected chi connectivity index (χ1v) is 8.15. The molecule has 0 amide bonds. The fourth-order valence-corrected chi connectivity index (χ4v) is 3.03. The average Bonchev–Trinajstić information content (AvgIpc) is 2.83. The quantitative estimate of drug-likeness (QED) is 0.565. The number of aromatic nitrogens is 4. The molecule has 2 N–H and O–H groups in total. The van der Waals surface area contributed by atoms with Gasteiger partial charge in [0.05, 0.1) is 11.8 Å². The van der Waals surface area contributed by atoms with Gasteiger partial charge in [-0.05, 0) is 22.6 Å². The van der Waals surface area contributed by atoms with Crippen LogP contribution >= 0.6 is 11.8 Å². The summed E-state index contributed by atoms with van der Waals surface area (Å²) in [6.45, 7) is 0. The van der Waals surface area contributed by atoms with Gasteiger partial charge in [-0.15, -0.1) is 5.10 Å². The Morgan fingerprint density at radius 3 is 2.65 bits per heavy atom. The lowest BCUT2D eigenvalue weighted by molar-refractivity contribution is 0.220. The van der Waals surface area contributed by atoms with E-state index in [0.29, 0.717) is 5.16 Å². The Morgan fingerprint density at radius 1 is 1.30 bits per heavy atom. The summed E-state index contributed by atoms with van der Waals surface area (Å²) in [4.78, 5) is 0. The molecule has 0 saturated carbocycles. The summed E-state index contributed by atoms with van der Waals surface area (Å²) in [6.07, 6.45) is -1.20. The topological polar surface area (TPSA) is 118 Å². The number of rotatable bonds is 6. The van der Waals surface area contributed by atoms with Crippen LogP contribution in [0.4, 0.5) is 0 Å². The summed E-state index contributed by atoms with van der Waals surface area (Å²) in [5.74, 6) is -0.667. The maximum absolute atomic E-state index is 10.6. The fourth-order valence-electron chi connectivity index (χ4n) is 1.46. The van der Waals surface area contributed by atoms with E-state index in [1.807, 2.05) is 30.3 Å². The van der Waals surface area contributed by atoms with E-state index in [9.17, 15) is 13.5 Å². The molecule has 0 spiro atoms. The predicted octanol–water partition coefficient (Wildman–Crippen LogP) is 0.00310.